The Bertz CT molecular complexity index is 776. The first-order valence-electron chi connectivity index (χ1n) is 8.46. The zero-order valence-corrected chi connectivity index (χ0v) is 13.9. The highest BCUT2D eigenvalue weighted by molar-refractivity contribution is 6.08. The molecule has 0 unspecified atom stereocenters. The number of piperidine rings is 1. The van der Waals surface area contributed by atoms with Crippen LogP contribution in [0, 0.1) is 10.1 Å². The number of likely N-dealkylation sites (tertiary alicyclic amines) is 1. The summed E-state index contributed by atoms with van der Waals surface area (Å²) in [7, 11) is 0. The molecule has 1 fully saturated rings. The molecule has 0 aromatic heterocycles. The van der Waals surface area contributed by atoms with Crippen LogP contribution in [0.1, 0.15) is 35.2 Å². The molecule has 0 bridgehead atoms. The molecule has 0 spiro atoms. The fourth-order valence-electron chi connectivity index (χ4n) is 3.06. The van der Waals surface area contributed by atoms with Gasteiger partial charge < -0.3 is 4.90 Å². The normalized spacial score (nSPS) is 15.0. The van der Waals surface area contributed by atoms with E-state index in [-0.39, 0.29) is 11.5 Å². The molecule has 128 valence electrons. The third-order valence-corrected chi connectivity index (χ3v) is 4.40. The number of ketones is 1. The van der Waals surface area contributed by atoms with Crippen molar-refractivity contribution in [2.75, 3.05) is 13.1 Å². The summed E-state index contributed by atoms with van der Waals surface area (Å²) in [5.41, 5.74) is 2.37. The maximum absolute atomic E-state index is 12.7. The Balaban J connectivity index is 1.91. The van der Waals surface area contributed by atoms with Crippen molar-refractivity contribution in [1.82, 2.24) is 4.90 Å². The topological polar surface area (TPSA) is 63.5 Å². The average molecular weight is 336 g/mol. The second-order valence-electron chi connectivity index (χ2n) is 6.11. The van der Waals surface area contributed by atoms with Gasteiger partial charge in [-0.05, 0) is 37.0 Å². The van der Waals surface area contributed by atoms with Gasteiger partial charge >= 0.3 is 0 Å². The van der Waals surface area contributed by atoms with Crippen LogP contribution in [0.5, 0.6) is 0 Å². The van der Waals surface area contributed by atoms with Crippen molar-refractivity contribution in [3.05, 3.63) is 81.9 Å². The van der Waals surface area contributed by atoms with E-state index < -0.39 is 4.92 Å². The molecule has 0 saturated carbocycles. The number of hydrogen-bond donors (Lipinski definition) is 0. The number of benzene rings is 2. The Morgan fingerprint density at radius 3 is 2.16 bits per heavy atom. The Kier molecular flexibility index (Phi) is 5.23. The molecule has 0 atom stereocenters. The Hall–Kier alpha value is -2.95. The molecule has 1 saturated heterocycles. The van der Waals surface area contributed by atoms with E-state index >= 15 is 0 Å². The summed E-state index contributed by atoms with van der Waals surface area (Å²) in [6, 6.07) is 15.6. The van der Waals surface area contributed by atoms with Gasteiger partial charge in [0.15, 0.2) is 5.78 Å². The van der Waals surface area contributed by atoms with Crippen LogP contribution in [0.4, 0.5) is 5.69 Å². The molecule has 0 amide bonds. The molecule has 25 heavy (non-hydrogen) atoms. The van der Waals surface area contributed by atoms with E-state index in [1.54, 1.807) is 6.08 Å². The van der Waals surface area contributed by atoms with Crippen LogP contribution < -0.4 is 0 Å². The maximum Gasteiger partial charge on any atom is 0.269 e. The number of nitro groups is 1. The van der Waals surface area contributed by atoms with Gasteiger partial charge in [0, 0.05) is 42.6 Å². The highest BCUT2D eigenvalue weighted by atomic mass is 16.6. The van der Waals surface area contributed by atoms with E-state index in [2.05, 4.69) is 4.90 Å². The Labute approximate surface area is 146 Å². The van der Waals surface area contributed by atoms with Gasteiger partial charge in [-0.25, -0.2) is 0 Å². The zero-order valence-electron chi connectivity index (χ0n) is 13.9. The van der Waals surface area contributed by atoms with Crippen LogP contribution in [0.25, 0.3) is 5.70 Å². The van der Waals surface area contributed by atoms with Gasteiger partial charge in [-0.1, -0.05) is 30.3 Å². The van der Waals surface area contributed by atoms with Crippen molar-refractivity contribution in [3.8, 4) is 0 Å². The van der Waals surface area contributed by atoms with Crippen LogP contribution in [0.15, 0.2) is 60.7 Å². The van der Waals surface area contributed by atoms with E-state index in [0.717, 1.165) is 37.2 Å². The minimum absolute atomic E-state index is 0.0140. The van der Waals surface area contributed by atoms with Crippen molar-refractivity contribution in [2.45, 2.75) is 19.3 Å². The van der Waals surface area contributed by atoms with E-state index in [1.807, 2.05) is 30.3 Å². The van der Waals surface area contributed by atoms with Crippen molar-refractivity contribution in [2.24, 2.45) is 0 Å². The lowest BCUT2D eigenvalue weighted by Gasteiger charge is -2.31. The van der Waals surface area contributed by atoms with E-state index in [9.17, 15) is 14.9 Å². The standard InChI is InChI=1S/C20H20N2O3/c23-20(17-9-11-18(12-10-17)22(24)25)15-19(16-7-3-1-4-8-16)21-13-5-2-6-14-21/h1,3-4,7-12,15H,2,5-6,13-14H2/b19-15-. The van der Waals surface area contributed by atoms with Gasteiger partial charge in [-0.3, -0.25) is 14.9 Å². The predicted octanol–water partition coefficient (Wildman–Crippen LogP) is 4.30. The molecule has 5 heteroatoms. The first-order valence-corrected chi connectivity index (χ1v) is 8.46. The molecule has 5 nitrogen and oxygen atoms in total. The molecule has 1 aliphatic rings. The lowest BCUT2D eigenvalue weighted by molar-refractivity contribution is -0.384. The molecule has 0 aliphatic carbocycles. The number of carbonyl (C=O) groups excluding carboxylic acids is 1. The molecule has 0 N–H and O–H groups in total. The molecular formula is C20H20N2O3. The van der Waals surface area contributed by atoms with Crippen LogP contribution >= 0.6 is 0 Å². The SMILES string of the molecule is O=C(/C=C(/c1ccccc1)N1CCCCC1)c1ccc([N+](=O)[O-])cc1. The number of carbonyl (C=O) groups is 1. The number of nitrogens with zero attached hydrogens (tertiary/aromatic N) is 2. The average Bonchev–Trinajstić information content (AvgIpc) is 2.67. The van der Waals surface area contributed by atoms with E-state index in [1.165, 1.54) is 30.7 Å². The van der Waals surface area contributed by atoms with Crippen molar-refractivity contribution >= 4 is 17.2 Å². The van der Waals surface area contributed by atoms with Crippen molar-refractivity contribution in [1.29, 1.82) is 0 Å². The quantitative estimate of drug-likeness (QED) is 0.353. The van der Waals surface area contributed by atoms with Crippen LogP contribution in [-0.4, -0.2) is 28.7 Å². The largest absolute Gasteiger partial charge is 0.371 e. The minimum atomic E-state index is -0.465. The van der Waals surface area contributed by atoms with Gasteiger partial charge in [0.2, 0.25) is 0 Å². The number of non-ortho nitro benzene ring substituents is 1. The summed E-state index contributed by atoms with van der Waals surface area (Å²) in [5, 5.41) is 10.8. The first-order chi connectivity index (χ1) is 12.1. The lowest BCUT2D eigenvalue weighted by Crippen LogP contribution is -2.28. The molecule has 3 rings (SSSR count). The Morgan fingerprint density at radius 1 is 0.920 bits per heavy atom. The smallest absolute Gasteiger partial charge is 0.269 e. The van der Waals surface area contributed by atoms with Gasteiger partial charge in [-0.15, -0.1) is 0 Å². The minimum Gasteiger partial charge on any atom is -0.371 e. The van der Waals surface area contributed by atoms with Gasteiger partial charge in [0.25, 0.3) is 5.69 Å². The second-order valence-corrected chi connectivity index (χ2v) is 6.11. The molecule has 2 aromatic rings. The van der Waals surface area contributed by atoms with Crippen molar-refractivity contribution < 1.29 is 9.72 Å². The fraction of sp³-hybridized carbons (Fsp3) is 0.250. The van der Waals surface area contributed by atoms with E-state index in [0.29, 0.717) is 5.56 Å². The molecule has 2 aromatic carbocycles. The van der Waals surface area contributed by atoms with E-state index in [4.69, 9.17) is 0 Å². The summed E-state index contributed by atoms with van der Waals surface area (Å²) < 4.78 is 0. The number of rotatable bonds is 5. The Morgan fingerprint density at radius 2 is 1.56 bits per heavy atom. The summed E-state index contributed by atoms with van der Waals surface area (Å²) >= 11 is 0. The van der Waals surface area contributed by atoms with Crippen molar-refractivity contribution in [3.63, 3.8) is 0 Å². The molecular weight excluding hydrogens is 316 g/mol. The fourth-order valence-corrected chi connectivity index (χ4v) is 3.06. The first kappa shape index (κ1) is 16.9. The number of nitro benzene ring substituents is 1. The summed E-state index contributed by atoms with van der Waals surface area (Å²) in [6.07, 6.45) is 5.11. The zero-order chi connectivity index (χ0) is 17.6. The third kappa shape index (κ3) is 4.12. The van der Waals surface area contributed by atoms with Gasteiger partial charge in [0.1, 0.15) is 0 Å². The summed E-state index contributed by atoms with van der Waals surface area (Å²) in [4.78, 5) is 25.2. The highest BCUT2D eigenvalue weighted by Gasteiger charge is 2.17. The third-order valence-electron chi connectivity index (χ3n) is 4.40. The van der Waals surface area contributed by atoms with Gasteiger partial charge in [0.05, 0.1) is 4.92 Å². The molecule has 0 radical (unpaired) electrons. The van der Waals surface area contributed by atoms with Gasteiger partial charge in [-0.2, -0.15) is 0 Å². The summed E-state index contributed by atoms with van der Waals surface area (Å²) in [5.74, 6) is -0.140. The second kappa shape index (κ2) is 7.75. The maximum atomic E-state index is 12.7. The van der Waals surface area contributed by atoms with Crippen LogP contribution in [-0.2, 0) is 0 Å². The molecule has 1 heterocycles. The van der Waals surface area contributed by atoms with Crippen LogP contribution in [0.2, 0.25) is 0 Å². The monoisotopic (exact) mass is 336 g/mol. The predicted molar refractivity (Wildman–Crippen MR) is 97.3 cm³/mol. The lowest BCUT2D eigenvalue weighted by atomic mass is 10.0. The summed E-state index contributed by atoms with van der Waals surface area (Å²) in [6.45, 7) is 1.88. The molecule has 1 aliphatic heterocycles. The highest BCUT2D eigenvalue weighted by Crippen LogP contribution is 2.24. The number of hydrogen-bond acceptors (Lipinski definition) is 4. The van der Waals surface area contributed by atoms with Crippen LogP contribution in [0.3, 0.4) is 0 Å². The number of allylic oxidation sites excluding steroid dienone is 1.